The fourth-order valence-electron chi connectivity index (χ4n) is 3.52. The van der Waals surface area contributed by atoms with Gasteiger partial charge < -0.3 is 10.2 Å². The van der Waals surface area contributed by atoms with E-state index in [2.05, 4.69) is 31.2 Å². The van der Waals surface area contributed by atoms with Crippen molar-refractivity contribution in [1.82, 2.24) is 20.0 Å². The summed E-state index contributed by atoms with van der Waals surface area (Å²) in [7, 11) is 2.02. The lowest BCUT2D eigenvalue weighted by atomic mass is 9.97. The summed E-state index contributed by atoms with van der Waals surface area (Å²) in [5, 5.41) is 8.18. The Balaban J connectivity index is 1.57. The van der Waals surface area contributed by atoms with Crippen molar-refractivity contribution in [3.8, 4) is 0 Å². The van der Waals surface area contributed by atoms with Crippen molar-refractivity contribution in [1.29, 1.82) is 0 Å². The lowest BCUT2D eigenvalue weighted by Crippen LogP contribution is -2.45. The second-order valence-corrected chi connectivity index (χ2v) is 6.70. The molecule has 0 amide bonds. The summed E-state index contributed by atoms with van der Waals surface area (Å²) >= 11 is 3.64. The molecule has 2 saturated heterocycles. The van der Waals surface area contributed by atoms with E-state index < -0.39 is 0 Å². The number of piperidine rings is 1. The van der Waals surface area contributed by atoms with Crippen molar-refractivity contribution in [3.63, 3.8) is 0 Å². The first kappa shape index (κ1) is 13.6. The van der Waals surface area contributed by atoms with Crippen LogP contribution in [0.5, 0.6) is 0 Å². The first-order valence-corrected chi connectivity index (χ1v) is 8.10. The van der Waals surface area contributed by atoms with Crippen LogP contribution >= 0.6 is 15.9 Å². The Morgan fingerprint density at radius 1 is 1.37 bits per heavy atom. The quantitative estimate of drug-likeness (QED) is 0.924. The largest absolute Gasteiger partial charge is 0.308 e. The zero-order valence-electron chi connectivity index (χ0n) is 11.8. The molecule has 0 radical (unpaired) electrons. The zero-order chi connectivity index (χ0) is 13.4. The molecular weight excluding hydrogens is 304 g/mol. The van der Waals surface area contributed by atoms with Gasteiger partial charge in [0.15, 0.2) is 0 Å². The molecule has 2 aliphatic heterocycles. The van der Waals surface area contributed by atoms with Crippen LogP contribution in [0.25, 0.3) is 0 Å². The summed E-state index contributed by atoms with van der Waals surface area (Å²) in [4.78, 5) is 2.67. The van der Waals surface area contributed by atoms with Crippen LogP contribution in [-0.4, -0.2) is 39.9 Å². The van der Waals surface area contributed by atoms with Gasteiger partial charge in [-0.15, -0.1) is 0 Å². The fraction of sp³-hybridized carbons (Fsp3) is 0.786. The summed E-state index contributed by atoms with van der Waals surface area (Å²) in [5.41, 5.74) is 2.33. The highest BCUT2D eigenvalue weighted by Gasteiger charge is 2.31. The molecule has 0 saturated carbocycles. The number of halogens is 1. The Bertz CT molecular complexity index is 457. The molecule has 2 atom stereocenters. The molecule has 0 spiro atoms. The molecule has 3 rings (SSSR count). The molecule has 106 valence electrons. The number of nitrogens with one attached hydrogen (secondary N) is 1. The van der Waals surface area contributed by atoms with Crippen LogP contribution < -0.4 is 5.32 Å². The van der Waals surface area contributed by atoms with Crippen molar-refractivity contribution >= 4 is 15.9 Å². The standard InChI is InChI=1S/C14H23BrN4/c1-10-14(15)13(18(2)17-10)9-16-11-5-7-19-6-3-4-12(19)8-11/h11-12,16H,3-9H2,1-2H3. The van der Waals surface area contributed by atoms with Crippen LogP contribution in [-0.2, 0) is 13.6 Å². The van der Waals surface area contributed by atoms with E-state index in [1.165, 1.54) is 44.5 Å². The third kappa shape index (κ3) is 2.73. The second-order valence-electron chi connectivity index (χ2n) is 5.90. The molecule has 2 aliphatic rings. The predicted octanol–water partition coefficient (Wildman–Crippen LogP) is 2.21. The predicted molar refractivity (Wildman–Crippen MR) is 80.1 cm³/mol. The minimum Gasteiger partial charge on any atom is -0.308 e. The minimum atomic E-state index is 0.668. The van der Waals surface area contributed by atoms with Gasteiger partial charge in [-0.2, -0.15) is 5.10 Å². The summed E-state index contributed by atoms with van der Waals surface area (Å²) < 4.78 is 3.14. The highest BCUT2D eigenvalue weighted by Crippen LogP contribution is 2.27. The fourth-order valence-corrected chi connectivity index (χ4v) is 4.00. The average Bonchev–Trinajstić information content (AvgIpc) is 2.94. The van der Waals surface area contributed by atoms with E-state index >= 15 is 0 Å². The topological polar surface area (TPSA) is 33.1 Å². The number of fused-ring (bicyclic) bond motifs is 1. The first-order valence-electron chi connectivity index (χ1n) is 7.30. The summed E-state index contributed by atoms with van der Waals surface area (Å²) in [6.07, 6.45) is 5.38. The molecule has 0 bridgehead atoms. The van der Waals surface area contributed by atoms with Gasteiger partial charge in [-0.3, -0.25) is 4.68 Å². The van der Waals surface area contributed by atoms with Gasteiger partial charge in [0.05, 0.1) is 15.9 Å². The number of rotatable bonds is 3. The molecule has 5 heteroatoms. The molecule has 0 aliphatic carbocycles. The van der Waals surface area contributed by atoms with Crippen molar-refractivity contribution < 1.29 is 0 Å². The van der Waals surface area contributed by atoms with E-state index in [1.54, 1.807) is 0 Å². The lowest BCUT2D eigenvalue weighted by Gasteiger charge is -2.35. The van der Waals surface area contributed by atoms with Crippen molar-refractivity contribution in [2.45, 2.75) is 51.2 Å². The minimum absolute atomic E-state index is 0.668. The lowest BCUT2D eigenvalue weighted by molar-refractivity contribution is 0.166. The third-order valence-electron chi connectivity index (χ3n) is 4.64. The Morgan fingerprint density at radius 3 is 2.95 bits per heavy atom. The molecule has 4 nitrogen and oxygen atoms in total. The maximum atomic E-state index is 4.45. The van der Waals surface area contributed by atoms with Crippen molar-refractivity contribution in [2.75, 3.05) is 13.1 Å². The van der Waals surface area contributed by atoms with Gasteiger partial charge in [-0.05, 0) is 61.6 Å². The van der Waals surface area contributed by atoms with Gasteiger partial charge >= 0.3 is 0 Å². The van der Waals surface area contributed by atoms with Crippen molar-refractivity contribution in [2.24, 2.45) is 7.05 Å². The van der Waals surface area contributed by atoms with Gasteiger partial charge in [-0.1, -0.05) is 0 Å². The molecule has 1 N–H and O–H groups in total. The van der Waals surface area contributed by atoms with Crippen LogP contribution in [0.4, 0.5) is 0 Å². The number of nitrogens with zero attached hydrogens (tertiary/aromatic N) is 3. The Labute approximate surface area is 123 Å². The molecular formula is C14H23BrN4. The average molecular weight is 327 g/mol. The van der Waals surface area contributed by atoms with Crippen LogP contribution in [0.1, 0.15) is 37.1 Å². The molecule has 3 heterocycles. The number of hydrogen-bond donors (Lipinski definition) is 1. The van der Waals surface area contributed by atoms with Crippen LogP contribution in [0.3, 0.4) is 0 Å². The van der Waals surface area contributed by atoms with Gasteiger partial charge in [0.25, 0.3) is 0 Å². The van der Waals surface area contributed by atoms with Gasteiger partial charge in [0.1, 0.15) is 0 Å². The Kier molecular flexibility index (Phi) is 3.96. The highest BCUT2D eigenvalue weighted by molar-refractivity contribution is 9.10. The molecule has 0 aromatic carbocycles. The van der Waals surface area contributed by atoms with Crippen LogP contribution in [0, 0.1) is 6.92 Å². The normalized spacial score (nSPS) is 27.7. The van der Waals surface area contributed by atoms with E-state index in [4.69, 9.17) is 0 Å². The monoisotopic (exact) mass is 326 g/mol. The molecule has 1 aromatic heterocycles. The number of hydrogen-bond acceptors (Lipinski definition) is 3. The van der Waals surface area contributed by atoms with Gasteiger partial charge in [-0.25, -0.2) is 0 Å². The van der Waals surface area contributed by atoms with E-state index in [0.717, 1.165) is 22.8 Å². The molecule has 2 fully saturated rings. The number of aryl methyl sites for hydroxylation is 2. The molecule has 1 aromatic rings. The van der Waals surface area contributed by atoms with Crippen molar-refractivity contribution in [3.05, 3.63) is 15.9 Å². The zero-order valence-corrected chi connectivity index (χ0v) is 13.4. The van der Waals surface area contributed by atoms with Gasteiger partial charge in [0, 0.05) is 25.7 Å². The smallest absolute Gasteiger partial charge is 0.0739 e. The van der Waals surface area contributed by atoms with Gasteiger partial charge in [0.2, 0.25) is 0 Å². The Hall–Kier alpha value is -0.390. The highest BCUT2D eigenvalue weighted by atomic mass is 79.9. The maximum Gasteiger partial charge on any atom is 0.0739 e. The van der Waals surface area contributed by atoms with E-state index in [-0.39, 0.29) is 0 Å². The summed E-state index contributed by atoms with van der Waals surface area (Å²) in [5.74, 6) is 0. The first-order chi connectivity index (χ1) is 9.15. The van der Waals surface area contributed by atoms with Crippen LogP contribution in [0.2, 0.25) is 0 Å². The maximum absolute atomic E-state index is 4.45. The Morgan fingerprint density at radius 2 is 2.21 bits per heavy atom. The SMILES string of the molecule is Cc1nn(C)c(CNC2CCN3CCCC3C2)c1Br. The van der Waals surface area contributed by atoms with E-state index in [1.807, 2.05) is 18.7 Å². The second kappa shape index (κ2) is 5.54. The van der Waals surface area contributed by atoms with E-state index in [9.17, 15) is 0 Å². The third-order valence-corrected chi connectivity index (χ3v) is 5.67. The summed E-state index contributed by atoms with van der Waals surface area (Å²) in [6.45, 7) is 5.55. The van der Waals surface area contributed by atoms with E-state index in [0.29, 0.717) is 6.04 Å². The summed E-state index contributed by atoms with van der Waals surface area (Å²) in [6, 6.07) is 1.50. The number of aromatic nitrogens is 2. The van der Waals surface area contributed by atoms with Crippen LogP contribution in [0.15, 0.2) is 4.47 Å². The molecule has 2 unspecified atom stereocenters. The molecule has 19 heavy (non-hydrogen) atoms.